The number of rotatable bonds is 2. The largest absolute Gasteiger partial charge is 0.336 e. The number of amides is 1. The third kappa shape index (κ3) is 2.26. The predicted octanol–water partition coefficient (Wildman–Crippen LogP) is 2.16. The van der Waals surface area contributed by atoms with Crippen LogP contribution in [0.4, 0.5) is 0 Å². The lowest BCUT2D eigenvalue weighted by atomic mass is 9.89. The van der Waals surface area contributed by atoms with Gasteiger partial charge in [-0.3, -0.25) is 4.79 Å². The first-order chi connectivity index (χ1) is 7.68. The van der Waals surface area contributed by atoms with Crippen LogP contribution in [0, 0.1) is 5.92 Å². The predicted molar refractivity (Wildman–Crippen MR) is 57.9 cm³/mol. The van der Waals surface area contributed by atoms with Gasteiger partial charge in [-0.25, -0.2) is 4.79 Å². The molecule has 0 N–H and O–H groups in total. The molecular weight excluding hydrogens is 206 g/mol. The van der Waals surface area contributed by atoms with Gasteiger partial charge < -0.3 is 4.84 Å². The molecule has 0 aromatic rings. The number of hydrogen-bond acceptors (Lipinski definition) is 3. The van der Waals surface area contributed by atoms with Gasteiger partial charge in [0.25, 0.3) is 5.91 Å². The van der Waals surface area contributed by atoms with E-state index in [1.807, 2.05) is 0 Å². The van der Waals surface area contributed by atoms with Crippen molar-refractivity contribution < 1.29 is 14.4 Å². The molecule has 1 aliphatic heterocycles. The SMILES string of the molecule is C=C1CCC(=O)N1OC(=O)C1CCCCC1. The van der Waals surface area contributed by atoms with E-state index in [2.05, 4.69) is 6.58 Å². The Morgan fingerprint density at radius 2 is 1.94 bits per heavy atom. The molecule has 0 unspecified atom stereocenters. The minimum Gasteiger partial charge on any atom is -0.333 e. The van der Waals surface area contributed by atoms with Gasteiger partial charge in [-0.1, -0.05) is 25.8 Å². The summed E-state index contributed by atoms with van der Waals surface area (Å²) in [5.74, 6) is -0.458. The van der Waals surface area contributed by atoms with Crippen LogP contribution in [0.5, 0.6) is 0 Å². The highest BCUT2D eigenvalue weighted by molar-refractivity contribution is 5.82. The molecular formula is C12H17NO3. The van der Waals surface area contributed by atoms with Crippen LogP contribution in [0.15, 0.2) is 12.3 Å². The molecule has 1 amide bonds. The van der Waals surface area contributed by atoms with Gasteiger partial charge in [-0.15, -0.1) is 5.06 Å². The van der Waals surface area contributed by atoms with E-state index in [0.717, 1.165) is 30.7 Å². The Kier molecular flexibility index (Phi) is 3.27. The van der Waals surface area contributed by atoms with Crippen LogP contribution in [0.3, 0.4) is 0 Å². The zero-order valence-corrected chi connectivity index (χ0v) is 9.41. The maximum atomic E-state index is 11.8. The molecule has 2 fully saturated rings. The zero-order chi connectivity index (χ0) is 11.5. The minimum absolute atomic E-state index is 0.0325. The van der Waals surface area contributed by atoms with Crippen molar-refractivity contribution in [2.24, 2.45) is 5.92 Å². The number of allylic oxidation sites excluding steroid dienone is 1. The van der Waals surface area contributed by atoms with Crippen molar-refractivity contribution in [1.82, 2.24) is 5.06 Å². The molecule has 4 nitrogen and oxygen atoms in total. The maximum absolute atomic E-state index is 11.8. The van der Waals surface area contributed by atoms with E-state index in [4.69, 9.17) is 4.84 Å². The van der Waals surface area contributed by atoms with E-state index in [1.165, 1.54) is 6.42 Å². The first-order valence-electron chi connectivity index (χ1n) is 5.91. The fraction of sp³-hybridized carbons (Fsp3) is 0.667. The molecule has 2 aliphatic rings. The lowest BCUT2D eigenvalue weighted by Gasteiger charge is -2.23. The van der Waals surface area contributed by atoms with E-state index < -0.39 is 0 Å². The van der Waals surface area contributed by atoms with Crippen LogP contribution >= 0.6 is 0 Å². The molecule has 4 heteroatoms. The molecule has 16 heavy (non-hydrogen) atoms. The number of carbonyl (C=O) groups excluding carboxylic acids is 2. The molecule has 0 atom stereocenters. The third-order valence-electron chi connectivity index (χ3n) is 3.26. The fourth-order valence-corrected chi connectivity index (χ4v) is 2.25. The molecule has 1 aliphatic carbocycles. The van der Waals surface area contributed by atoms with Gasteiger partial charge >= 0.3 is 5.97 Å². The van der Waals surface area contributed by atoms with Gasteiger partial charge in [-0.2, -0.15) is 0 Å². The smallest absolute Gasteiger partial charge is 0.333 e. The second-order valence-corrected chi connectivity index (χ2v) is 4.50. The summed E-state index contributed by atoms with van der Waals surface area (Å²) in [7, 11) is 0. The minimum atomic E-state index is -0.267. The van der Waals surface area contributed by atoms with Crippen molar-refractivity contribution in [2.75, 3.05) is 0 Å². The Balaban J connectivity index is 1.90. The Morgan fingerprint density at radius 1 is 1.25 bits per heavy atom. The van der Waals surface area contributed by atoms with Crippen LogP contribution < -0.4 is 0 Å². The van der Waals surface area contributed by atoms with Crippen molar-refractivity contribution in [2.45, 2.75) is 44.9 Å². The van der Waals surface area contributed by atoms with E-state index in [0.29, 0.717) is 18.5 Å². The summed E-state index contributed by atoms with van der Waals surface area (Å²) >= 11 is 0. The summed E-state index contributed by atoms with van der Waals surface area (Å²) in [6, 6.07) is 0. The van der Waals surface area contributed by atoms with Crippen molar-refractivity contribution >= 4 is 11.9 Å². The molecule has 0 radical (unpaired) electrons. The van der Waals surface area contributed by atoms with E-state index in [9.17, 15) is 9.59 Å². The number of nitrogens with zero attached hydrogens (tertiary/aromatic N) is 1. The molecule has 2 rings (SSSR count). The third-order valence-corrected chi connectivity index (χ3v) is 3.26. The number of carbonyl (C=O) groups is 2. The number of hydroxylamine groups is 2. The summed E-state index contributed by atoms with van der Waals surface area (Å²) in [5, 5.41) is 1.08. The first-order valence-corrected chi connectivity index (χ1v) is 5.91. The lowest BCUT2D eigenvalue weighted by Crippen LogP contribution is -2.31. The normalized spacial score (nSPS) is 22.6. The Morgan fingerprint density at radius 3 is 2.50 bits per heavy atom. The van der Waals surface area contributed by atoms with Crippen LogP contribution in [-0.2, 0) is 14.4 Å². The second kappa shape index (κ2) is 4.68. The topological polar surface area (TPSA) is 46.6 Å². The highest BCUT2D eigenvalue weighted by atomic mass is 16.7. The number of hydrogen-bond donors (Lipinski definition) is 0. The summed E-state index contributed by atoms with van der Waals surface area (Å²) in [5.41, 5.74) is 0.592. The molecule has 1 saturated carbocycles. The highest BCUT2D eigenvalue weighted by Crippen LogP contribution is 2.27. The zero-order valence-electron chi connectivity index (χ0n) is 9.41. The molecule has 1 heterocycles. The van der Waals surface area contributed by atoms with Gasteiger partial charge in [0.2, 0.25) is 0 Å². The van der Waals surface area contributed by atoms with E-state index in [-0.39, 0.29) is 17.8 Å². The Hall–Kier alpha value is -1.32. The van der Waals surface area contributed by atoms with Crippen molar-refractivity contribution in [3.8, 4) is 0 Å². The van der Waals surface area contributed by atoms with Crippen molar-refractivity contribution in [3.63, 3.8) is 0 Å². The quantitative estimate of drug-likeness (QED) is 0.720. The van der Waals surface area contributed by atoms with Gasteiger partial charge in [0, 0.05) is 6.42 Å². The molecule has 0 aromatic heterocycles. The van der Waals surface area contributed by atoms with Crippen LogP contribution in [0.2, 0.25) is 0 Å². The van der Waals surface area contributed by atoms with Crippen LogP contribution in [0.25, 0.3) is 0 Å². The molecule has 88 valence electrons. The summed E-state index contributed by atoms with van der Waals surface area (Å²) in [6.45, 7) is 3.71. The second-order valence-electron chi connectivity index (χ2n) is 4.50. The van der Waals surface area contributed by atoms with Crippen LogP contribution in [0.1, 0.15) is 44.9 Å². The van der Waals surface area contributed by atoms with Crippen LogP contribution in [-0.4, -0.2) is 16.9 Å². The molecule has 0 spiro atoms. The average molecular weight is 223 g/mol. The molecule has 1 saturated heterocycles. The van der Waals surface area contributed by atoms with Gasteiger partial charge in [0.15, 0.2) is 0 Å². The molecule has 0 bridgehead atoms. The molecule has 0 aromatic carbocycles. The fourth-order valence-electron chi connectivity index (χ4n) is 2.25. The van der Waals surface area contributed by atoms with Crippen molar-refractivity contribution in [3.05, 3.63) is 12.3 Å². The lowest BCUT2D eigenvalue weighted by molar-refractivity contribution is -0.191. The summed E-state index contributed by atoms with van der Waals surface area (Å²) in [4.78, 5) is 28.3. The standard InChI is InChI=1S/C12H17NO3/c1-9-7-8-11(14)13(9)16-12(15)10-5-3-2-4-6-10/h10H,1-8H2. The van der Waals surface area contributed by atoms with Gasteiger partial charge in [0.05, 0.1) is 11.6 Å². The summed E-state index contributed by atoms with van der Waals surface area (Å²) < 4.78 is 0. The van der Waals surface area contributed by atoms with E-state index in [1.54, 1.807) is 0 Å². The van der Waals surface area contributed by atoms with Crippen molar-refractivity contribution in [1.29, 1.82) is 0 Å². The van der Waals surface area contributed by atoms with Gasteiger partial charge in [-0.05, 0) is 19.3 Å². The summed E-state index contributed by atoms with van der Waals surface area (Å²) in [6.07, 6.45) is 6.11. The maximum Gasteiger partial charge on any atom is 0.336 e. The average Bonchev–Trinajstić information content (AvgIpc) is 2.62. The van der Waals surface area contributed by atoms with E-state index >= 15 is 0 Å². The Labute approximate surface area is 95.2 Å². The first kappa shape index (κ1) is 11.2. The Bertz CT molecular complexity index is 302. The highest BCUT2D eigenvalue weighted by Gasteiger charge is 2.31. The van der Waals surface area contributed by atoms with Gasteiger partial charge in [0.1, 0.15) is 0 Å². The monoisotopic (exact) mass is 223 g/mol.